The van der Waals surface area contributed by atoms with Crippen LogP contribution in [0.15, 0.2) is 18.2 Å². The lowest BCUT2D eigenvalue weighted by atomic mass is 10.3. The van der Waals surface area contributed by atoms with E-state index in [1.807, 2.05) is 5.43 Å². The second kappa shape index (κ2) is 3.27. The Bertz CT molecular complexity index is 316. The maximum absolute atomic E-state index is 9.99. The first-order chi connectivity index (χ1) is 5.59. The zero-order valence-corrected chi connectivity index (χ0v) is 6.58. The van der Waals surface area contributed by atoms with Crippen LogP contribution < -0.4 is 5.43 Å². The van der Waals surface area contributed by atoms with E-state index in [2.05, 4.69) is 0 Å². The second-order valence-corrected chi connectivity index (χ2v) is 2.44. The number of nitrogens with zero attached hydrogens (tertiary/aromatic N) is 1. The molecule has 1 rings (SSSR count). The van der Waals surface area contributed by atoms with E-state index in [0.717, 1.165) is 0 Å². The highest BCUT2D eigenvalue weighted by molar-refractivity contribution is 6.33. The van der Waals surface area contributed by atoms with Gasteiger partial charge in [0.2, 0.25) is 0 Å². The molecule has 1 aromatic rings. The van der Waals surface area contributed by atoms with E-state index in [9.17, 15) is 10.1 Å². The summed E-state index contributed by atoms with van der Waals surface area (Å²) in [5.41, 5.74) is 1.92. The van der Waals surface area contributed by atoms with Crippen molar-refractivity contribution in [2.45, 2.75) is 0 Å². The van der Waals surface area contributed by atoms with Gasteiger partial charge < -0.3 is 5.11 Å². The normalized spacial score (nSPS) is 9.42. The number of rotatable bonds is 2. The first kappa shape index (κ1) is 8.61. The zero-order valence-electron chi connectivity index (χ0n) is 5.82. The van der Waals surface area contributed by atoms with E-state index >= 15 is 0 Å². The SMILES string of the molecule is O=[N+]([O-])Nc1cc(O)ccc1Cl. The number of phenols is 1. The van der Waals surface area contributed by atoms with Crippen LogP contribution in [0, 0.1) is 10.1 Å². The van der Waals surface area contributed by atoms with E-state index in [-0.39, 0.29) is 16.5 Å². The lowest BCUT2D eigenvalue weighted by Crippen LogP contribution is -2.07. The highest BCUT2D eigenvalue weighted by Crippen LogP contribution is 2.25. The Kier molecular flexibility index (Phi) is 2.35. The number of benzene rings is 1. The molecule has 0 aliphatic heterocycles. The van der Waals surface area contributed by atoms with E-state index in [1.165, 1.54) is 18.2 Å². The van der Waals surface area contributed by atoms with Crippen molar-refractivity contribution < 1.29 is 10.1 Å². The highest BCUT2D eigenvalue weighted by Gasteiger charge is 2.05. The third-order valence-electron chi connectivity index (χ3n) is 1.16. The average molecular weight is 189 g/mol. The first-order valence-corrected chi connectivity index (χ1v) is 3.37. The quantitative estimate of drug-likeness (QED) is 0.547. The van der Waals surface area contributed by atoms with Crippen molar-refractivity contribution in [3.63, 3.8) is 0 Å². The van der Waals surface area contributed by atoms with Crippen molar-refractivity contribution in [1.29, 1.82) is 0 Å². The molecule has 6 heteroatoms. The van der Waals surface area contributed by atoms with Crippen molar-refractivity contribution in [3.05, 3.63) is 33.3 Å². The van der Waals surface area contributed by atoms with E-state index < -0.39 is 5.03 Å². The smallest absolute Gasteiger partial charge is 0.162 e. The van der Waals surface area contributed by atoms with Gasteiger partial charge in [-0.25, -0.2) is 10.1 Å². The third kappa shape index (κ3) is 2.00. The summed E-state index contributed by atoms with van der Waals surface area (Å²) in [5.74, 6) is -0.0799. The third-order valence-corrected chi connectivity index (χ3v) is 1.49. The number of hydrogen-bond acceptors (Lipinski definition) is 3. The summed E-state index contributed by atoms with van der Waals surface area (Å²) >= 11 is 5.56. The van der Waals surface area contributed by atoms with Gasteiger partial charge in [-0.3, -0.25) is 0 Å². The van der Waals surface area contributed by atoms with Crippen molar-refractivity contribution in [3.8, 4) is 5.75 Å². The maximum Gasteiger partial charge on any atom is 0.162 e. The summed E-state index contributed by atoms with van der Waals surface area (Å²) in [5, 5.41) is 18.4. The van der Waals surface area contributed by atoms with Crippen LogP contribution in [0.4, 0.5) is 5.69 Å². The van der Waals surface area contributed by atoms with Gasteiger partial charge in [0.05, 0.1) is 5.02 Å². The van der Waals surface area contributed by atoms with Gasteiger partial charge in [-0.15, -0.1) is 5.43 Å². The number of halogens is 1. The molecule has 0 radical (unpaired) electrons. The minimum Gasteiger partial charge on any atom is -0.508 e. The minimum absolute atomic E-state index is 0.0710. The van der Waals surface area contributed by atoms with Gasteiger partial charge in [0.15, 0.2) is 5.03 Å². The summed E-state index contributed by atoms with van der Waals surface area (Å²) in [7, 11) is 0. The topological polar surface area (TPSA) is 75.4 Å². The number of anilines is 1. The lowest BCUT2D eigenvalue weighted by molar-refractivity contribution is -0.445. The fraction of sp³-hybridized carbons (Fsp3) is 0. The number of aromatic hydroxyl groups is 1. The molecule has 5 nitrogen and oxygen atoms in total. The summed E-state index contributed by atoms with van der Waals surface area (Å²) < 4.78 is 0. The first-order valence-electron chi connectivity index (χ1n) is 2.99. The summed E-state index contributed by atoms with van der Waals surface area (Å²) in [6.45, 7) is 0. The summed E-state index contributed by atoms with van der Waals surface area (Å²) in [6.07, 6.45) is 0. The highest BCUT2D eigenvalue weighted by atomic mass is 35.5. The van der Waals surface area contributed by atoms with Crippen LogP contribution in [0.5, 0.6) is 5.75 Å². The number of phenolic OH excluding ortho intramolecular Hbond substituents is 1. The Morgan fingerprint density at radius 1 is 1.58 bits per heavy atom. The Morgan fingerprint density at radius 3 is 2.83 bits per heavy atom. The lowest BCUT2D eigenvalue weighted by Gasteiger charge is -1.99. The molecule has 0 aliphatic rings. The predicted octanol–water partition coefficient (Wildman–Crippen LogP) is 1.65. The van der Waals surface area contributed by atoms with Crippen LogP contribution in [0.3, 0.4) is 0 Å². The second-order valence-electron chi connectivity index (χ2n) is 2.03. The number of nitrogens with one attached hydrogen (secondary N) is 1. The van der Waals surface area contributed by atoms with E-state index in [1.54, 1.807) is 0 Å². The fourth-order valence-electron chi connectivity index (χ4n) is 0.697. The Balaban J connectivity index is 2.97. The number of hydrazine groups is 1. The van der Waals surface area contributed by atoms with Crippen molar-refractivity contribution in [2.75, 3.05) is 5.43 Å². The Hall–Kier alpha value is -1.49. The van der Waals surface area contributed by atoms with Gasteiger partial charge in [-0.1, -0.05) is 11.6 Å². The molecule has 0 fully saturated rings. The van der Waals surface area contributed by atoms with Crippen molar-refractivity contribution in [1.82, 2.24) is 0 Å². The van der Waals surface area contributed by atoms with Gasteiger partial charge in [0.25, 0.3) is 0 Å². The molecule has 0 amide bonds. The summed E-state index contributed by atoms with van der Waals surface area (Å²) in [4.78, 5) is 9.99. The summed E-state index contributed by atoms with van der Waals surface area (Å²) in [6, 6.07) is 3.88. The largest absolute Gasteiger partial charge is 0.508 e. The molecular weight excluding hydrogens is 184 g/mol. The van der Waals surface area contributed by atoms with E-state index in [4.69, 9.17) is 16.7 Å². The maximum atomic E-state index is 9.99. The zero-order chi connectivity index (χ0) is 9.14. The van der Waals surface area contributed by atoms with Gasteiger partial charge in [0, 0.05) is 6.07 Å². The number of hydrogen-bond donors (Lipinski definition) is 2. The molecule has 0 spiro atoms. The molecule has 0 saturated heterocycles. The molecule has 1 aromatic carbocycles. The van der Waals surface area contributed by atoms with Crippen LogP contribution in [0.25, 0.3) is 0 Å². The molecule has 0 heterocycles. The molecule has 0 atom stereocenters. The molecule has 64 valence electrons. The standard InChI is InChI=1S/C6H5ClN2O3/c7-5-2-1-4(10)3-6(5)8-9(11)12/h1-3,8,10H. The molecule has 0 aliphatic carbocycles. The van der Waals surface area contributed by atoms with Crippen LogP contribution >= 0.6 is 11.6 Å². The molecule has 0 aromatic heterocycles. The van der Waals surface area contributed by atoms with Crippen molar-refractivity contribution in [2.24, 2.45) is 0 Å². The van der Waals surface area contributed by atoms with Gasteiger partial charge >= 0.3 is 0 Å². The van der Waals surface area contributed by atoms with Gasteiger partial charge in [-0.05, 0) is 12.1 Å². The van der Waals surface area contributed by atoms with Crippen LogP contribution in [-0.4, -0.2) is 10.1 Å². The van der Waals surface area contributed by atoms with Gasteiger partial charge in [-0.2, -0.15) is 0 Å². The molecule has 0 saturated carbocycles. The van der Waals surface area contributed by atoms with E-state index in [0.29, 0.717) is 0 Å². The molecule has 12 heavy (non-hydrogen) atoms. The average Bonchev–Trinajstić information content (AvgIpc) is 1.96. The van der Waals surface area contributed by atoms with Crippen LogP contribution in [0.1, 0.15) is 0 Å². The molecule has 0 unspecified atom stereocenters. The molecule has 2 N–H and O–H groups in total. The predicted molar refractivity (Wildman–Crippen MR) is 43.7 cm³/mol. The Morgan fingerprint density at radius 2 is 2.25 bits per heavy atom. The minimum atomic E-state index is -0.749. The fourth-order valence-corrected chi connectivity index (χ4v) is 0.857. The van der Waals surface area contributed by atoms with Crippen LogP contribution in [-0.2, 0) is 0 Å². The van der Waals surface area contributed by atoms with Crippen LogP contribution in [0.2, 0.25) is 5.02 Å². The monoisotopic (exact) mass is 188 g/mol. The van der Waals surface area contributed by atoms with Gasteiger partial charge in [0.1, 0.15) is 11.4 Å². The Labute approximate surface area is 72.7 Å². The molecule has 0 bridgehead atoms. The molecular formula is C6H5ClN2O3. The van der Waals surface area contributed by atoms with Crippen molar-refractivity contribution >= 4 is 17.3 Å². The number of nitro groups is 1.